The molecule has 1 aliphatic heterocycles. The molecule has 1 fully saturated rings. The van der Waals surface area contributed by atoms with Crippen molar-refractivity contribution in [2.24, 2.45) is 5.92 Å². The van der Waals surface area contributed by atoms with E-state index >= 15 is 0 Å². The number of fused-ring (bicyclic) bond motifs is 1. The zero-order valence-electron chi connectivity index (χ0n) is 16.4. The number of amides is 1. The highest BCUT2D eigenvalue weighted by Gasteiger charge is 2.32. The van der Waals surface area contributed by atoms with Gasteiger partial charge in [0.05, 0.1) is 11.7 Å². The maximum atomic E-state index is 12.9. The highest BCUT2D eigenvalue weighted by Crippen LogP contribution is 2.26. The third-order valence-electron chi connectivity index (χ3n) is 5.43. The molecule has 0 spiro atoms. The SMILES string of the molecule is O=C(Nc1cccc2ccccc12)[C@H]1CCCN(S(=O)(=O)Cc2cccc(Cl)c2)C1. The molecule has 0 aromatic heterocycles. The fourth-order valence-electron chi connectivity index (χ4n) is 3.91. The van der Waals surface area contributed by atoms with E-state index in [4.69, 9.17) is 11.6 Å². The van der Waals surface area contributed by atoms with Gasteiger partial charge in [-0.2, -0.15) is 0 Å². The van der Waals surface area contributed by atoms with E-state index in [2.05, 4.69) is 5.32 Å². The second-order valence-electron chi connectivity index (χ2n) is 7.60. The van der Waals surface area contributed by atoms with Crippen LogP contribution in [0.25, 0.3) is 10.8 Å². The van der Waals surface area contributed by atoms with Crippen LogP contribution in [0.4, 0.5) is 5.69 Å². The third-order valence-corrected chi connectivity index (χ3v) is 7.49. The summed E-state index contributed by atoms with van der Waals surface area (Å²) in [7, 11) is -3.53. The Morgan fingerprint density at radius 2 is 1.83 bits per heavy atom. The van der Waals surface area contributed by atoms with Gasteiger partial charge in [-0.1, -0.05) is 60.1 Å². The van der Waals surface area contributed by atoms with Gasteiger partial charge in [0.1, 0.15) is 0 Å². The van der Waals surface area contributed by atoms with Crippen LogP contribution in [-0.2, 0) is 20.6 Å². The predicted octanol–water partition coefficient (Wildman–Crippen LogP) is 4.67. The maximum absolute atomic E-state index is 12.9. The number of hydrogen-bond acceptors (Lipinski definition) is 3. The first-order chi connectivity index (χ1) is 14.4. The van der Waals surface area contributed by atoms with E-state index in [1.807, 2.05) is 42.5 Å². The fourth-order valence-corrected chi connectivity index (χ4v) is 5.72. The van der Waals surface area contributed by atoms with Gasteiger partial charge in [-0.3, -0.25) is 4.79 Å². The first-order valence-electron chi connectivity index (χ1n) is 9.93. The molecule has 30 heavy (non-hydrogen) atoms. The van der Waals surface area contributed by atoms with Gasteiger partial charge < -0.3 is 5.32 Å². The molecule has 156 valence electrons. The average molecular weight is 443 g/mol. The molecule has 1 saturated heterocycles. The van der Waals surface area contributed by atoms with Gasteiger partial charge >= 0.3 is 0 Å². The first-order valence-corrected chi connectivity index (χ1v) is 11.9. The quantitative estimate of drug-likeness (QED) is 0.624. The van der Waals surface area contributed by atoms with Crippen LogP contribution in [0.5, 0.6) is 0 Å². The Labute approximate surface area is 181 Å². The average Bonchev–Trinajstić information content (AvgIpc) is 2.74. The van der Waals surface area contributed by atoms with Gasteiger partial charge in [-0.25, -0.2) is 12.7 Å². The van der Waals surface area contributed by atoms with Crippen LogP contribution in [-0.4, -0.2) is 31.7 Å². The molecule has 5 nitrogen and oxygen atoms in total. The third kappa shape index (κ3) is 4.67. The Bertz CT molecular complexity index is 1170. The molecular weight excluding hydrogens is 420 g/mol. The molecule has 1 aliphatic rings. The molecule has 1 N–H and O–H groups in total. The van der Waals surface area contributed by atoms with Crippen LogP contribution in [0.2, 0.25) is 5.02 Å². The molecule has 3 aromatic rings. The zero-order chi connectivity index (χ0) is 21.1. The summed E-state index contributed by atoms with van der Waals surface area (Å²) in [5, 5.41) is 5.53. The van der Waals surface area contributed by atoms with Gasteiger partial charge in [0, 0.05) is 29.2 Å². The van der Waals surface area contributed by atoms with Crippen molar-refractivity contribution >= 4 is 44.0 Å². The Morgan fingerprint density at radius 3 is 2.67 bits per heavy atom. The monoisotopic (exact) mass is 442 g/mol. The van der Waals surface area contributed by atoms with Crippen molar-refractivity contribution in [1.29, 1.82) is 0 Å². The number of halogens is 1. The topological polar surface area (TPSA) is 66.5 Å². The van der Waals surface area contributed by atoms with Gasteiger partial charge in [0.25, 0.3) is 0 Å². The van der Waals surface area contributed by atoms with Crippen LogP contribution < -0.4 is 5.32 Å². The number of piperidine rings is 1. The summed E-state index contributed by atoms with van der Waals surface area (Å²) in [6, 6.07) is 20.5. The lowest BCUT2D eigenvalue weighted by Gasteiger charge is -2.31. The van der Waals surface area contributed by atoms with Gasteiger partial charge in [0.15, 0.2) is 0 Å². The number of anilines is 1. The van der Waals surface area contributed by atoms with Crippen molar-refractivity contribution in [3.8, 4) is 0 Å². The molecule has 0 bridgehead atoms. The smallest absolute Gasteiger partial charge is 0.228 e. The molecule has 0 unspecified atom stereocenters. The van der Waals surface area contributed by atoms with Crippen molar-refractivity contribution in [2.45, 2.75) is 18.6 Å². The van der Waals surface area contributed by atoms with Crippen LogP contribution in [0, 0.1) is 5.92 Å². The normalized spacial score (nSPS) is 17.7. The van der Waals surface area contributed by atoms with Crippen molar-refractivity contribution in [2.75, 3.05) is 18.4 Å². The molecule has 3 aromatic carbocycles. The van der Waals surface area contributed by atoms with Crippen molar-refractivity contribution < 1.29 is 13.2 Å². The summed E-state index contributed by atoms with van der Waals surface area (Å²) in [4.78, 5) is 12.9. The van der Waals surface area contributed by atoms with E-state index < -0.39 is 10.0 Å². The molecular formula is C23H23ClN2O3S. The van der Waals surface area contributed by atoms with Crippen molar-refractivity contribution in [1.82, 2.24) is 4.31 Å². The molecule has 0 aliphatic carbocycles. The Kier molecular flexibility index (Phi) is 6.09. The largest absolute Gasteiger partial charge is 0.325 e. The second kappa shape index (κ2) is 8.76. The lowest BCUT2D eigenvalue weighted by molar-refractivity contribution is -0.120. The molecule has 0 radical (unpaired) electrons. The molecule has 1 amide bonds. The number of carbonyl (C=O) groups excluding carboxylic acids is 1. The number of sulfonamides is 1. The zero-order valence-corrected chi connectivity index (χ0v) is 18.0. The number of nitrogens with zero attached hydrogens (tertiary/aromatic N) is 1. The van der Waals surface area contributed by atoms with Crippen LogP contribution in [0.3, 0.4) is 0 Å². The van der Waals surface area contributed by atoms with E-state index in [-0.39, 0.29) is 24.1 Å². The number of nitrogens with one attached hydrogen (secondary N) is 1. The number of benzene rings is 3. The van der Waals surface area contributed by atoms with E-state index in [0.717, 1.165) is 16.5 Å². The van der Waals surface area contributed by atoms with Gasteiger partial charge in [0.2, 0.25) is 15.9 Å². The highest BCUT2D eigenvalue weighted by atomic mass is 35.5. The van der Waals surface area contributed by atoms with E-state index in [1.54, 1.807) is 24.3 Å². The summed E-state index contributed by atoms with van der Waals surface area (Å²) in [5.74, 6) is -0.647. The number of hydrogen-bond donors (Lipinski definition) is 1. The molecule has 1 atom stereocenters. The molecule has 1 heterocycles. The van der Waals surface area contributed by atoms with Crippen molar-refractivity contribution in [3.05, 3.63) is 77.3 Å². The fraction of sp³-hybridized carbons (Fsp3) is 0.261. The number of carbonyl (C=O) groups is 1. The van der Waals surface area contributed by atoms with Crippen LogP contribution in [0.15, 0.2) is 66.7 Å². The number of rotatable bonds is 5. The minimum atomic E-state index is -3.53. The van der Waals surface area contributed by atoms with Crippen LogP contribution in [0.1, 0.15) is 18.4 Å². The Hall–Kier alpha value is -2.41. The van der Waals surface area contributed by atoms with Gasteiger partial charge in [-0.05, 0) is 42.0 Å². The summed E-state index contributed by atoms with van der Waals surface area (Å²) in [6.07, 6.45) is 1.32. The minimum Gasteiger partial charge on any atom is -0.325 e. The van der Waals surface area contributed by atoms with Gasteiger partial charge in [-0.15, -0.1) is 0 Å². The maximum Gasteiger partial charge on any atom is 0.228 e. The second-order valence-corrected chi connectivity index (χ2v) is 10.0. The molecule has 4 rings (SSSR count). The molecule has 7 heteroatoms. The van der Waals surface area contributed by atoms with E-state index in [9.17, 15) is 13.2 Å². The summed E-state index contributed by atoms with van der Waals surface area (Å²) < 4.78 is 27.3. The van der Waals surface area contributed by atoms with Crippen LogP contribution >= 0.6 is 11.6 Å². The van der Waals surface area contributed by atoms with E-state index in [0.29, 0.717) is 30.0 Å². The minimum absolute atomic E-state index is 0.120. The Balaban J connectivity index is 1.47. The molecule has 0 saturated carbocycles. The van der Waals surface area contributed by atoms with Crippen molar-refractivity contribution in [3.63, 3.8) is 0 Å². The summed E-state index contributed by atoms with van der Waals surface area (Å²) >= 11 is 5.98. The van der Waals surface area contributed by atoms with E-state index in [1.165, 1.54) is 4.31 Å². The lowest BCUT2D eigenvalue weighted by atomic mass is 9.98. The first kappa shape index (κ1) is 20.8. The Morgan fingerprint density at radius 1 is 1.07 bits per heavy atom. The lowest BCUT2D eigenvalue weighted by Crippen LogP contribution is -2.44. The summed E-state index contributed by atoms with van der Waals surface area (Å²) in [6.45, 7) is 0.625. The predicted molar refractivity (Wildman–Crippen MR) is 121 cm³/mol. The standard InChI is InChI=1S/C23H23ClN2O3S/c24-20-10-3-6-17(14-20)16-30(28,29)26-13-5-9-19(15-26)23(27)25-22-12-4-8-18-7-1-2-11-21(18)22/h1-4,6-8,10-12,14,19H,5,9,13,15-16H2,(H,25,27)/t19-/m0/s1. The highest BCUT2D eigenvalue weighted by molar-refractivity contribution is 7.88. The summed E-state index contributed by atoms with van der Waals surface area (Å²) in [5.41, 5.74) is 1.39.